The summed E-state index contributed by atoms with van der Waals surface area (Å²) in [4.78, 5) is 15.3. The summed E-state index contributed by atoms with van der Waals surface area (Å²) in [6.07, 6.45) is 0. The zero-order chi connectivity index (χ0) is 18.2. The maximum atomic E-state index is 12.4. The summed E-state index contributed by atoms with van der Waals surface area (Å²) in [5.41, 5.74) is 2.59. The van der Waals surface area contributed by atoms with E-state index in [9.17, 15) is 13.2 Å². The van der Waals surface area contributed by atoms with Crippen LogP contribution in [-0.4, -0.2) is 26.4 Å². The van der Waals surface area contributed by atoms with Crippen molar-refractivity contribution in [3.8, 4) is 5.75 Å². The minimum atomic E-state index is -3.98. The van der Waals surface area contributed by atoms with Gasteiger partial charge in [0.25, 0.3) is 5.91 Å². The van der Waals surface area contributed by atoms with E-state index in [-0.39, 0.29) is 16.6 Å². The van der Waals surface area contributed by atoms with Crippen molar-refractivity contribution in [2.24, 2.45) is 5.14 Å². The van der Waals surface area contributed by atoms with Crippen LogP contribution >= 0.6 is 0 Å². The number of benzene rings is 2. The summed E-state index contributed by atoms with van der Waals surface area (Å²) >= 11 is 0. The second kappa shape index (κ2) is 6.23. The molecule has 0 saturated carbocycles. The summed E-state index contributed by atoms with van der Waals surface area (Å²) in [7, 11) is -2.64. The van der Waals surface area contributed by atoms with Gasteiger partial charge in [-0.15, -0.1) is 0 Å². The molecule has 3 aromatic rings. The first kappa shape index (κ1) is 17.0. The van der Waals surface area contributed by atoms with E-state index in [1.54, 1.807) is 6.07 Å². The first-order valence-corrected chi connectivity index (χ1v) is 8.94. The summed E-state index contributed by atoms with van der Waals surface area (Å²) in [6.45, 7) is 1.96. The molecule has 0 aliphatic carbocycles. The Bertz CT molecular complexity index is 1070. The lowest BCUT2D eigenvalue weighted by Crippen LogP contribution is -2.16. The average Bonchev–Trinajstić information content (AvgIpc) is 2.97. The fraction of sp³-hybridized carbons (Fsp3) is 0.118. The van der Waals surface area contributed by atoms with Crippen molar-refractivity contribution in [2.75, 3.05) is 12.4 Å². The van der Waals surface area contributed by atoms with Crippen LogP contribution in [0.25, 0.3) is 10.9 Å². The molecule has 0 atom stereocenters. The highest BCUT2D eigenvalue weighted by Gasteiger charge is 2.17. The van der Waals surface area contributed by atoms with Gasteiger partial charge >= 0.3 is 0 Å². The number of aromatic nitrogens is 1. The number of H-pyrrole nitrogens is 1. The number of primary sulfonamides is 1. The van der Waals surface area contributed by atoms with E-state index in [0.717, 1.165) is 16.5 Å². The Hall–Kier alpha value is -2.84. The van der Waals surface area contributed by atoms with Crippen LogP contribution in [0.15, 0.2) is 47.4 Å². The number of amides is 1. The minimum Gasteiger partial charge on any atom is -0.495 e. The molecule has 0 radical (unpaired) electrons. The number of aromatic amines is 1. The van der Waals surface area contributed by atoms with Crippen molar-refractivity contribution < 1.29 is 17.9 Å². The fourth-order valence-corrected chi connectivity index (χ4v) is 3.26. The topological polar surface area (TPSA) is 114 Å². The number of aryl methyl sites for hydroxylation is 1. The Balaban J connectivity index is 1.92. The van der Waals surface area contributed by atoms with E-state index in [4.69, 9.17) is 9.88 Å². The molecule has 0 aliphatic rings. The van der Waals surface area contributed by atoms with Crippen molar-refractivity contribution in [1.29, 1.82) is 0 Å². The summed E-state index contributed by atoms with van der Waals surface area (Å²) in [6, 6.07) is 11.8. The number of carbonyl (C=O) groups excluding carboxylic acids is 1. The third-order valence-electron chi connectivity index (χ3n) is 3.75. The molecule has 1 amide bonds. The van der Waals surface area contributed by atoms with Crippen molar-refractivity contribution in [1.82, 2.24) is 4.98 Å². The zero-order valence-corrected chi connectivity index (χ0v) is 14.5. The maximum absolute atomic E-state index is 12.4. The van der Waals surface area contributed by atoms with Gasteiger partial charge in [0.15, 0.2) is 0 Å². The number of methoxy groups -OCH3 is 1. The quantitative estimate of drug-likeness (QED) is 0.663. The van der Waals surface area contributed by atoms with Gasteiger partial charge in [-0.2, -0.15) is 0 Å². The third-order valence-corrected chi connectivity index (χ3v) is 4.68. The molecule has 0 saturated heterocycles. The van der Waals surface area contributed by atoms with Crippen molar-refractivity contribution in [2.45, 2.75) is 11.8 Å². The van der Waals surface area contributed by atoms with Crippen LogP contribution in [-0.2, 0) is 10.0 Å². The molecule has 0 unspecified atom stereocenters. The highest BCUT2D eigenvalue weighted by Crippen LogP contribution is 2.26. The molecule has 0 fully saturated rings. The molecule has 1 aromatic heterocycles. The van der Waals surface area contributed by atoms with Crippen LogP contribution in [0.1, 0.15) is 16.1 Å². The molecule has 0 aliphatic heterocycles. The lowest BCUT2D eigenvalue weighted by molar-refractivity contribution is 0.102. The SMILES string of the molecule is COc1ccc(NC(=O)c2cc3ccc(C)cc3[nH]2)cc1S(N)(=O)=O. The van der Waals surface area contributed by atoms with Crippen LogP contribution < -0.4 is 15.2 Å². The van der Waals surface area contributed by atoms with Crippen molar-refractivity contribution in [3.05, 3.63) is 53.7 Å². The van der Waals surface area contributed by atoms with Gasteiger partial charge in [0.05, 0.1) is 7.11 Å². The van der Waals surface area contributed by atoms with Gasteiger partial charge in [-0.3, -0.25) is 4.79 Å². The smallest absolute Gasteiger partial charge is 0.272 e. The molecule has 130 valence electrons. The number of anilines is 1. The second-order valence-corrected chi connectivity index (χ2v) is 7.17. The molecule has 0 bridgehead atoms. The largest absolute Gasteiger partial charge is 0.495 e. The van der Waals surface area contributed by atoms with Gasteiger partial charge in [-0.25, -0.2) is 13.6 Å². The molecule has 3 rings (SSSR count). The Morgan fingerprint density at radius 3 is 2.60 bits per heavy atom. The van der Waals surface area contributed by atoms with E-state index in [2.05, 4.69) is 10.3 Å². The molecule has 7 nitrogen and oxygen atoms in total. The average molecular weight is 359 g/mol. The molecular weight excluding hydrogens is 342 g/mol. The zero-order valence-electron chi connectivity index (χ0n) is 13.7. The number of nitrogens with one attached hydrogen (secondary N) is 2. The van der Waals surface area contributed by atoms with Gasteiger partial charge < -0.3 is 15.0 Å². The molecule has 0 spiro atoms. The number of ether oxygens (including phenoxy) is 1. The summed E-state index contributed by atoms with van der Waals surface area (Å²) in [5, 5.41) is 8.75. The number of hydrogen-bond acceptors (Lipinski definition) is 4. The van der Waals surface area contributed by atoms with Gasteiger partial charge in [-0.05, 0) is 42.8 Å². The van der Waals surface area contributed by atoms with Crippen molar-refractivity contribution in [3.63, 3.8) is 0 Å². The Morgan fingerprint density at radius 1 is 1.16 bits per heavy atom. The van der Waals surface area contributed by atoms with Gasteiger partial charge in [0.1, 0.15) is 16.3 Å². The summed E-state index contributed by atoms with van der Waals surface area (Å²) < 4.78 is 28.3. The highest BCUT2D eigenvalue weighted by molar-refractivity contribution is 7.89. The number of carbonyl (C=O) groups is 1. The molecule has 25 heavy (non-hydrogen) atoms. The van der Waals surface area contributed by atoms with Gasteiger partial charge in [0, 0.05) is 16.6 Å². The lowest BCUT2D eigenvalue weighted by Gasteiger charge is -2.09. The van der Waals surface area contributed by atoms with Crippen LogP contribution in [0, 0.1) is 6.92 Å². The molecule has 4 N–H and O–H groups in total. The van der Waals surface area contributed by atoms with Crippen LogP contribution in [0.4, 0.5) is 5.69 Å². The number of hydrogen-bond donors (Lipinski definition) is 3. The Morgan fingerprint density at radius 2 is 1.92 bits per heavy atom. The van der Waals surface area contributed by atoms with Gasteiger partial charge in [0.2, 0.25) is 10.0 Å². The van der Waals surface area contributed by atoms with E-state index < -0.39 is 10.0 Å². The third kappa shape index (κ3) is 3.49. The standard InChI is InChI=1S/C17H17N3O4S/c1-10-3-4-11-8-14(20-13(11)7-10)17(21)19-12-5-6-15(24-2)16(9-12)25(18,22)23/h3-9,20H,1-2H3,(H,19,21)(H2,18,22,23). The van der Waals surface area contributed by atoms with Crippen LogP contribution in [0.2, 0.25) is 0 Å². The van der Waals surface area contributed by atoms with E-state index in [0.29, 0.717) is 11.4 Å². The monoisotopic (exact) mass is 359 g/mol. The lowest BCUT2D eigenvalue weighted by atomic mass is 10.2. The Labute approximate surface area is 144 Å². The maximum Gasteiger partial charge on any atom is 0.272 e. The number of fused-ring (bicyclic) bond motifs is 1. The summed E-state index contributed by atoms with van der Waals surface area (Å²) in [5.74, 6) is -0.277. The predicted molar refractivity (Wildman–Crippen MR) is 95.4 cm³/mol. The Kier molecular flexibility index (Phi) is 4.23. The molecule has 2 aromatic carbocycles. The second-order valence-electron chi connectivity index (χ2n) is 5.64. The first-order valence-electron chi connectivity index (χ1n) is 7.39. The number of rotatable bonds is 4. The normalized spacial score (nSPS) is 11.5. The van der Waals surface area contributed by atoms with Crippen LogP contribution in [0.5, 0.6) is 5.75 Å². The van der Waals surface area contributed by atoms with Crippen LogP contribution in [0.3, 0.4) is 0 Å². The van der Waals surface area contributed by atoms with Crippen molar-refractivity contribution >= 4 is 32.5 Å². The number of sulfonamides is 1. The fourth-order valence-electron chi connectivity index (χ4n) is 2.54. The van der Waals surface area contributed by atoms with E-state index in [1.165, 1.54) is 25.3 Å². The molecule has 8 heteroatoms. The van der Waals surface area contributed by atoms with Gasteiger partial charge in [-0.1, -0.05) is 12.1 Å². The molecule has 1 heterocycles. The first-order chi connectivity index (χ1) is 11.8. The highest BCUT2D eigenvalue weighted by atomic mass is 32.2. The van der Waals surface area contributed by atoms with E-state index in [1.807, 2.05) is 25.1 Å². The number of nitrogens with two attached hydrogens (primary N) is 1. The molecular formula is C17H17N3O4S. The predicted octanol–water partition coefficient (Wildman–Crippen LogP) is 2.38. The minimum absolute atomic E-state index is 0.113. The van der Waals surface area contributed by atoms with E-state index >= 15 is 0 Å².